The lowest BCUT2D eigenvalue weighted by atomic mass is 10.3. The average Bonchev–Trinajstić information content (AvgIpc) is 2.60. The molecule has 1 amide bonds. The van der Waals surface area contributed by atoms with Gasteiger partial charge in [0.25, 0.3) is 5.91 Å². The highest BCUT2D eigenvalue weighted by atomic mass is 79.9. The molecule has 132 valence electrons. The highest BCUT2D eigenvalue weighted by Gasteiger charge is 2.18. The Morgan fingerprint density at radius 1 is 1.12 bits per heavy atom. The van der Waals surface area contributed by atoms with Gasteiger partial charge in [-0.3, -0.25) is 4.79 Å². The number of nitrogens with one attached hydrogen (secondary N) is 1. The third-order valence-electron chi connectivity index (χ3n) is 3.17. The summed E-state index contributed by atoms with van der Waals surface area (Å²) in [4.78, 5) is 23.9. The Morgan fingerprint density at radius 3 is 2.56 bits per heavy atom. The number of hydrogen-bond donors (Lipinski definition) is 1. The van der Waals surface area contributed by atoms with Crippen molar-refractivity contribution in [1.82, 2.24) is 0 Å². The van der Waals surface area contributed by atoms with Gasteiger partial charge in [-0.2, -0.15) is 0 Å². The van der Waals surface area contributed by atoms with Crippen molar-refractivity contribution in [2.75, 3.05) is 19.0 Å². The van der Waals surface area contributed by atoms with E-state index in [1.807, 2.05) is 6.07 Å². The van der Waals surface area contributed by atoms with Gasteiger partial charge in [-0.05, 0) is 37.3 Å². The van der Waals surface area contributed by atoms with E-state index in [4.69, 9.17) is 14.2 Å². The molecule has 0 heterocycles. The quantitative estimate of drug-likeness (QED) is 0.711. The Morgan fingerprint density at radius 2 is 1.84 bits per heavy atom. The van der Waals surface area contributed by atoms with E-state index in [1.165, 1.54) is 14.0 Å². The number of methoxy groups -OCH3 is 1. The number of halogens is 1. The van der Waals surface area contributed by atoms with E-state index >= 15 is 0 Å². The lowest BCUT2D eigenvalue weighted by Gasteiger charge is -2.14. The smallest absolute Gasteiger partial charge is 0.344 e. The number of rotatable bonds is 7. The normalized spacial score (nSPS) is 11.3. The monoisotopic (exact) mass is 407 g/mol. The van der Waals surface area contributed by atoms with E-state index in [9.17, 15) is 9.59 Å². The first-order chi connectivity index (χ1) is 12.0. The Kier molecular flexibility index (Phi) is 6.82. The largest absolute Gasteiger partial charge is 0.497 e. The molecule has 2 rings (SSSR count). The first-order valence-corrected chi connectivity index (χ1v) is 8.30. The van der Waals surface area contributed by atoms with E-state index < -0.39 is 18.0 Å². The topological polar surface area (TPSA) is 73.9 Å². The molecule has 0 spiro atoms. The molecule has 0 saturated carbocycles. The Hall–Kier alpha value is -2.54. The lowest BCUT2D eigenvalue weighted by Crippen LogP contribution is -2.31. The molecule has 1 N–H and O–H groups in total. The van der Waals surface area contributed by atoms with Crippen LogP contribution in [0.4, 0.5) is 5.69 Å². The number of carbonyl (C=O) groups is 2. The van der Waals surface area contributed by atoms with Crippen molar-refractivity contribution in [2.24, 2.45) is 0 Å². The number of benzene rings is 2. The lowest BCUT2D eigenvalue weighted by molar-refractivity contribution is -0.155. The van der Waals surface area contributed by atoms with Gasteiger partial charge in [-0.15, -0.1) is 0 Å². The number of ether oxygens (including phenoxy) is 3. The number of carbonyl (C=O) groups excluding carboxylic acids is 2. The molecule has 7 heteroatoms. The van der Waals surface area contributed by atoms with Crippen LogP contribution in [0.2, 0.25) is 0 Å². The van der Waals surface area contributed by atoms with Crippen LogP contribution in [-0.2, 0) is 14.3 Å². The maximum atomic E-state index is 12.1. The maximum Gasteiger partial charge on any atom is 0.344 e. The van der Waals surface area contributed by atoms with Crippen molar-refractivity contribution < 1.29 is 23.8 Å². The van der Waals surface area contributed by atoms with E-state index in [-0.39, 0.29) is 6.61 Å². The zero-order valence-electron chi connectivity index (χ0n) is 13.8. The fourth-order valence-electron chi connectivity index (χ4n) is 1.93. The van der Waals surface area contributed by atoms with Crippen LogP contribution in [-0.4, -0.2) is 31.7 Å². The van der Waals surface area contributed by atoms with Crippen molar-refractivity contribution >= 4 is 33.5 Å². The van der Waals surface area contributed by atoms with Crippen molar-refractivity contribution in [1.29, 1.82) is 0 Å². The summed E-state index contributed by atoms with van der Waals surface area (Å²) in [6, 6.07) is 14.0. The molecular weight excluding hydrogens is 390 g/mol. The Labute approximate surface area is 154 Å². The summed E-state index contributed by atoms with van der Waals surface area (Å²) in [5, 5.41) is 2.66. The summed E-state index contributed by atoms with van der Waals surface area (Å²) in [7, 11) is 1.54. The third kappa shape index (κ3) is 6.11. The number of amides is 1. The highest BCUT2D eigenvalue weighted by molar-refractivity contribution is 9.10. The zero-order chi connectivity index (χ0) is 18.2. The van der Waals surface area contributed by atoms with Crippen LogP contribution in [0, 0.1) is 0 Å². The van der Waals surface area contributed by atoms with Gasteiger partial charge in [0.2, 0.25) is 0 Å². The molecule has 6 nitrogen and oxygen atoms in total. The second kappa shape index (κ2) is 9.08. The summed E-state index contributed by atoms with van der Waals surface area (Å²) in [6.07, 6.45) is -0.954. The summed E-state index contributed by atoms with van der Waals surface area (Å²) in [5.74, 6) is 0.0713. The van der Waals surface area contributed by atoms with Gasteiger partial charge in [0.15, 0.2) is 12.7 Å². The van der Waals surface area contributed by atoms with Crippen LogP contribution in [0.1, 0.15) is 6.92 Å². The molecule has 0 bridgehead atoms. The van der Waals surface area contributed by atoms with E-state index in [0.717, 1.165) is 4.47 Å². The predicted molar refractivity (Wildman–Crippen MR) is 96.8 cm³/mol. The second-order valence-electron chi connectivity index (χ2n) is 5.10. The molecule has 2 aromatic rings. The third-order valence-corrected chi connectivity index (χ3v) is 3.66. The number of anilines is 1. The van der Waals surface area contributed by atoms with Crippen LogP contribution in [0.25, 0.3) is 0 Å². The minimum absolute atomic E-state index is 0.284. The van der Waals surface area contributed by atoms with Crippen molar-refractivity contribution in [3.8, 4) is 11.5 Å². The number of hydrogen-bond acceptors (Lipinski definition) is 5. The SMILES string of the molecule is COc1cccc(NC(=O)[C@@H](C)OC(=O)COc2cccc(Br)c2)c1. The summed E-state index contributed by atoms with van der Waals surface area (Å²) < 4.78 is 16.3. The van der Waals surface area contributed by atoms with Gasteiger partial charge in [-0.25, -0.2) is 4.79 Å². The summed E-state index contributed by atoms with van der Waals surface area (Å²) >= 11 is 3.31. The molecule has 1 atom stereocenters. The average molecular weight is 408 g/mol. The van der Waals surface area contributed by atoms with Crippen molar-refractivity contribution in [3.05, 3.63) is 53.0 Å². The second-order valence-corrected chi connectivity index (χ2v) is 6.02. The predicted octanol–water partition coefficient (Wildman–Crippen LogP) is 3.41. The standard InChI is InChI=1S/C18H18BrNO5/c1-12(18(22)20-14-6-4-7-15(10-14)23-2)25-17(21)11-24-16-8-3-5-13(19)9-16/h3-10,12H,11H2,1-2H3,(H,20,22)/t12-/m1/s1. The van der Waals surface area contributed by atoms with Gasteiger partial charge in [0, 0.05) is 16.2 Å². The fraction of sp³-hybridized carbons (Fsp3) is 0.222. The van der Waals surface area contributed by atoms with E-state index in [0.29, 0.717) is 17.2 Å². The van der Waals surface area contributed by atoms with Gasteiger partial charge >= 0.3 is 5.97 Å². The Balaban J connectivity index is 1.82. The van der Waals surface area contributed by atoms with Crippen LogP contribution >= 0.6 is 15.9 Å². The molecule has 0 aromatic heterocycles. The van der Waals surface area contributed by atoms with Crippen LogP contribution < -0.4 is 14.8 Å². The molecule has 0 unspecified atom stereocenters. The van der Waals surface area contributed by atoms with Crippen molar-refractivity contribution in [3.63, 3.8) is 0 Å². The highest BCUT2D eigenvalue weighted by Crippen LogP contribution is 2.18. The Bertz CT molecular complexity index is 750. The van der Waals surface area contributed by atoms with Crippen molar-refractivity contribution in [2.45, 2.75) is 13.0 Å². The molecule has 0 saturated heterocycles. The van der Waals surface area contributed by atoms with Gasteiger partial charge < -0.3 is 19.5 Å². The van der Waals surface area contributed by atoms with Gasteiger partial charge in [-0.1, -0.05) is 28.1 Å². The zero-order valence-corrected chi connectivity index (χ0v) is 15.4. The molecule has 0 aliphatic carbocycles. The first-order valence-electron chi connectivity index (χ1n) is 7.50. The number of esters is 1. The van der Waals surface area contributed by atoms with Gasteiger partial charge in [0.1, 0.15) is 11.5 Å². The minimum Gasteiger partial charge on any atom is -0.497 e. The molecule has 0 aliphatic rings. The van der Waals surface area contributed by atoms with Crippen LogP contribution in [0.5, 0.6) is 11.5 Å². The maximum absolute atomic E-state index is 12.1. The molecule has 0 radical (unpaired) electrons. The molecule has 0 fully saturated rings. The van der Waals surface area contributed by atoms with Crippen LogP contribution in [0.3, 0.4) is 0 Å². The first kappa shape index (κ1) is 18.8. The molecular formula is C18H18BrNO5. The van der Waals surface area contributed by atoms with E-state index in [1.54, 1.807) is 42.5 Å². The van der Waals surface area contributed by atoms with Crippen LogP contribution in [0.15, 0.2) is 53.0 Å². The summed E-state index contributed by atoms with van der Waals surface area (Å²) in [6.45, 7) is 1.21. The molecule has 2 aromatic carbocycles. The minimum atomic E-state index is -0.954. The molecule has 25 heavy (non-hydrogen) atoms. The fourth-order valence-corrected chi connectivity index (χ4v) is 2.31. The van der Waals surface area contributed by atoms with E-state index in [2.05, 4.69) is 21.2 Å². The summed E-state index contributed by atoms with van der Waals surface area (Å²) in [5.41, 5.74) is 0.553. The van der Waals surface area contributed by atoms with Gasteiger partial charge in [0.05, 0.1) is 7.11 Å². The molecule has 0 aliphatic heterocycles.